The van der Waals surface area contributed by atoms with E-state index in [-0.39, 0.29) is 10.3 Å². The van der Waals surface area contributed by atoms with Gasteiger partial charge in [-0.05, 0) is 24.3 Å². The summed E-state index contributed by atoms with van der Waals surface area (Å²) in [4.78, 5) is 4.54. The van der Waals surface area contributed by atoms with Crippen molar-refractivity contribution < 1.29 is 8.42 Å². The molecule has 0 spiro atoms. The Bertz CT molecular complexity index is 523. The SMILES string of the molecule is CC(C)(C)C(N)=Nc1ccc(S(C)(=O)=O)cc1. The van der Waals surface area contributed by atoms with Gasteiger partial charge in [-0.2, -0.15) is 0 Å². The fourth-order valence-corrected chi connectivity index (χ4v) is 1.71. The van der Waals surface area contributed by atoms with Gasteiger partial charge in [-0.15, -0.1) is 0 Å². The summed E-state index contributed by atoms with van der Waals surface area (Å²) in [6.07, 6.45) is 1.18. The van der Waals surface area contributed by atoms with Crippen molar-refractivity contribution in [2.24, 2.45) is 16.1 Å². The average molecular weight is 254 g/mol. The number of benzene rings is 1. The predicted octanol–water partition coefficient (Wildman–Crippen LogP) is 2.12. The van der Waals surface area contributed by atoms with Crippen LogP contribution in [-0.2, 0) is 9.84 Å². The van der Waals surface area contributed by atoms with Gasteiger partial charge in [-0.25, -0.2) is 13.4 Å². The van der Waals surface area contributed by atoms with Crippen LogP contribution in [0.3, 0.4) is 0 Å². The van der Waals surface area contributed by atoms with E-state index >= 15 is 0 Å². The summed E-state index contributed by atoms with van der Waals surface area (Å²) < 4.78 is 22.5. The Morgan fingerprint density at radius 2 is 1.65 bits per heavy atom. The molecule has 0 radical (unpaired) electrons. The number of sulfone groups is 1. The minimum absolute atomic E-state index is 0.199. The second kappa shape index (κ2) is 4.49. The van der Waals surface area contributed by atoms with Crippen molar-refractivity contribution in [1.82, 2.24) is 0 Å². The second-order valence-electron chi connectivity index (χ2n) is 5.01. The lowest BCUT2D eigenvalue weighted by molar-refractivity contribution is 0.585. The lowest BCUT2D eigenvalue weighted by atomic mass is 9.95. The lowest BCUT2D eigenvalue weighted by Gasteiger charge is -2.17. The van der Waals surface area contributed by atoms with Crippen LogP contribution in [0, 0.1) is 5.41 Å². The van der Waals surface area contributed by atoms with Crippen LogP contribution in [0.25, 0.3) is 0 Å². The van der Waals surface area contributed by atoms with Gasteiger partial charge < -0.3 is 5.73 Å². The minimum Gasteiger partial charge on any atom is -0.387 e. The van der Waals surface area contributed by atoms with E-state index in [1.165, 1.54) is 18.4 Å². The minimum atomic E-state index is -3.16. The molecular formula is C12H18N2O2S. The third kappa shape index (κ3) is 3.85. The molecule has 0 fully saturated rings. The standard InChI is InChI=1S/C12H18N2O2S/c1-12(2,3)11(13)14-9-5-7-10(8-6-9)17(4,15)16/h5-8H,1-4H3,(H2,13,14). The maximum absolute atomic E-state index is 11.3. The average Bonchev–Trinajstić information content (AvgIpc) is 2.15. The summed E-state index contributed by atoms with van der Waals surface area (Å²) in [6.45, 7) is 5.91. The molecule has 0 unspecified atom stereocenters. The van der Waals surface area contributed by atoms with Gasteiger partial charge in [-0.3, -0.25) is 0 Å². The summed E-state index contributed by atoms with van der Waals surface area (Å²) in [7, 11) is -3.16. The van der Waals surface area contributed by atoms with Crippen molar-refractivity contribution in [2.45, 2.75) is 25.7 Å². The molecule has 0 saturated carbocycles. The molecule has 94 valence electrons. The topological polar surface area (TPSA) is 72.5 Å². The number of nitrogens with two attached hydrogens (primary N) is 1. The van der Waals surface area contributed by atoms with Crippen molar-refractivity contribution in [3.63, 3.8) is 0 Å². The van der Waals surface area contributed by atoms with Gasteiger partial charge in [0.1, 0.15) is 5.84 Å². The van der Waals surface area contributed by atoms with E-state index in [9.17, 15) is 8.42 Å². The van der Waals surface area contributed by atoms with Gasteiger partial charge >= 0.3 is 0 Å². The van der Waals surface area contributed by atoms with Gasteiger partial charge in [0.2, 0.25) is 0 Å². The molecule has 0 atom stereocenters. The molecule has 0 heterocycles. The summed E-state index contributed by atoms with van der Waals surface area (Å²) in [5, 5.41) is 0. The molecule has 0 amide bonds. The highest BCUT2D eigenvalue weighted by Crippen LogP contribution is 2.20. The first-order chi connectivity index (χ1) is 7.60. The molecule has 5 heteroatoms. The molecule has 4 nitrogen and oxygen atoms in total. The smallest absolute Gasteiger partial charge is 0.175 e. The fraction of sp³-hybridized carbons (Fsp3) is 0.417. The van der Waals surface area contributed by atoms with Crippen LogP contribution in [0.5, 0.6) is 0 Å². The molecule has 17 heavy (non-hydrogen) atoms. The first kappa shape index (κ1) is 13.7. The zero-order valence-corrected chi connectivity index (χ0v) is 11.4. The van der Waals surface area contributed by atoms with E-state index in [1.807, 2.05) is 20.8 Å². The number of hydrogen-bond donors (Lipinski definition) is 1. The maximum Gasteiger partial charge on any atom is 0.175 e. The van der Waals surface area contributed by atoms with Crippen molar-refractivity contribution in [2.75, 3.05) is 6.26 Å². The number of aliphatic imine (C=N–C) groups is 1. The van der Waals surface area contributed by atoms with Crippen LogP contribution in [0.15, 0.2) is 34.2 Å². The molecule has 0 aliphatic heterocycles. The zero-order valence-electron chi connectivity index (χ0n) is 10.6. The fourth-order valence-electron chi connectivity index (χ4n) is 1.07. The highest BCUT2D eigenvalue weighted by atomic mass is 32.2. The second-order valence-corrected chi connectivity index (χ2v) is 7.03. The molecule has 1 aromatic carbocycles. The Balaban J connectivity index is 3.06. The summed E-state index contributed by atoms with van der Waals surface area (Å²) in [5.41, 5.74) is 6.30. The zero-order chi connectivity index (χ0) is 13.3. The van der Waals surface area contributed by atoms with E-state index in [0.717, 1.165) is 0 Å². The summed E-state index contributed by atoms with van der Waals surface area (Å²) in [5.74, 6) is 0.518. The summed E-state index contributed by atoms with van der Waals surface area (Å²) in [6, 6.07) is 6.36. The van der Waals surface area contributed by atoms with Crippen LogP contribution in [-0.4, -0.2) is 20.5 Å². The Kier molecular flexibility index (Phi) is 3.62. The highest BCUT2D eigenvalue weighted by Gasteiger charge is 2.15. The molecule has 0 saturated heterocycles. The predicted molar refractivity (Wildman–Crippen MR) is 70.3 cm³/mol. The number of nitrogens with zero attached hydrogens (tertiary/aromatic N) is 1. The first-order valence-corrected chi connectivity index (χ1v) is 7.14. The van der Waals surface area contributed by atoms with Crippen LogP contribution in [0.4, 0.5) is 5.69 Å². The van der Waals surface area contributed by atoms with E-state index < -0.39 is 9.84 Å². The molecule has 1 aromatic rings. The van der Waals surface area contributed by atoms with Crippen molar-refractivity contribution in [1.29, 1.82) is 0 Å². The van der Waals surface area contributed by atoms with E-state index in [4.69, 9.17) is 5.73 Å². The van der Waals surface area contributed by atoms with E-state index in [2.05, 4.69) is 4.99 Å². The van der Waals surface area contributed by atoms with Gasteiger partial charge in [0.15, 0.2) is 9.84 Å². The molecule has 2 N–H and O–H groups in total. The monoisotopic (exact) mass is 254 g/mol. The van der Waals surface area contributed by atoms with Gasteiger partial charge in [0, 0.05) is 11.7 Å². The number of rotatable bonds is 2. The molecule has 0 aliphatic rings. The van der Waals surface area contributed by atoms with Crippen LogP contribution in [0.2, 0.25) is 0 Å². The third-order valence-electron chi connectivity index (χ3n) is 2.28. The van der Waals surface area contributed by atoms with Crippen molar-refractivity contribution >= 4 is 21.4 Å². The van der Waals surface area contributed by atoms with E-state index in [1.54, 1.807) is 12.1 Å². The molecule has 0 bridgehead atoms. The Morgan fingerprint density at radius 1 is 1.18 bits per heavy atom. The lowest BCUT2D eigenvalue weighted by Crippen LogP contribution is -2.28. The molecule has 0 aliphatic carbocycles. The summed E-state index contributed by atoms with van der Waals surface area (Å²) >= 11 is 0. The van der Waals surface area contributed by atoms with E-state index in [0.29, 0.717) is 11.5 Å². The largest absolute Gasteiger partial charge is 0.387 e. The molecule has 0 aromatic heterocycles. The van der Waals surface area contributed by atoms with Crippen molar-refractivity contribution in [3.05, 3.63) is 24.3 Å². The van der Waals surface area contributed by atoms with Gasteiger partial charge in [-0.1, -0.05) is 20.8 Å². The Labute approximate surface area is 102 Å². The molecular weight excluding hydrogens is 236 g/mol. The quantitative estimate of drug-likeness (QED) is 0.649. The highest BCUT2D eigenvalue weighted by molar-refractivity contribution is 7.90. The number of hydrogen-bond acceptors (Lipinski definition) is 3. The van der Waals surface area contributed by atoms with Crippen LogP contribution < -0.4 is 5.73 Å². The number of amidine groups is 1. The van der Waals surface area contributed by atoms with Gasteiger partial charge in [0.05, 0.1) is 10.6 Å². The first-order valence-electron chi connectivity index (χ1n) is 5.25. The van der Waals surface area contributed by atoms with Crippen molar-refractivity contribution in [3.8, 4) is 0 Å². The third-order valence-corrected chi connectivity index (χ3v) is 3.41. The maximum atomic E-state index is 11.3. The normalized spacial score (nSPS) is 13.8. The van der Waals surface area contributed by atoms with Crippen LogP contribution in [0.1, 0.15) is 20.8 Å². The Hall–Kier alpha value is -1.36. The Morgan fingerprint density at radius 3 is 2.00 bits per heavy atom. The van der Waals surface area contributed by atoms with Crippen LogP contribution >= 0.6 is 0 Å². The molecule has 1 rings (SSSR count). The van der Waals surface area contributed by atoms with Gasteiger partial charge in [0.25, 0.3) is 0 Å².